The number of nitrogens with two attached hydrogens (primary N) is 1. The van der Waals surface area contributed by atoms with Crippen LogP contribution < -0.4 is 16.0 Å². The van der Waals surface area contributed by atoms with Crippen LogP contribution in [0.3, 0.4) is 0 Å². The van der Waals surface area contributed by atoms with E-state index in [1.807, 2.05) is 6.07 Å². The van der Waals surface area contributed by atoms with Crippen LogP contribution in [0.5, 0.6) is 5.75 Å². The highest BCUT2D eigenvalue weighted by molar-refractivity contribution is 5.29. The Kier molecular flexibility index (Phi) is 5.38. The molecule has 1 aromatic rings. The summed E-state index contributed by atoms with van der Waals surface area (Å²) in [5, 5.41) is 0. The van der Waals surface area contributed by atoms with Gasteiger partial charge >= 0.3 is 0 Å². The second-order valence-electron chi connectivity index (χ2n) is 5.97. The molecule has 2 rings (SSSR count). The minimum Gasteiger partial charge on any atom is -0.494 e. The fraction of sp³-hybridized carbons (Fsp3) is 0.625. The normalized spacial score (nSPS) is 24.4. The molecular weight excluding hydrogens is 255 g/mol. The second kappa shape index (κ2) is 7.04. The predicted molar refractivity (Wildman–Crippen MR) is 78.9 cm³/mol. The van der Waals surface area contributed by atoms with Crippen LogP contribution in [0.4, 0.5) is 4.39 Å². The van der Waals surface area contributed by atoms with Gasteiger partial charge in [-0.05, 0) is 48.8 Å². The summed E-state index contributed by atoms with van der Waals surface area (Å²) in [6, 6.07) is 5.36. The van der Waals surface area contributed by atoms with E-state index in [2.05, 4.69) is 12.3 Å². The number of hydrazine groups is 1. The molecule has 4 heteroatoms. The monoisotopic (exact) mass is 280 g/mol. The average Bonchev–Trinajstić information content (AvgIpc) is 2.46. The van der Waals surface area contributed by atoms with Crippen molar-refractivity contribution in [3.8, 4) is 5.75 Å². The van der Waals surface area contributed by atoms with Crippen molar-refractivity contribution in [3.05, 3.63) is 29.6 Å². The highest BCUT2D eigenvalue weighted by Crippen LogP contribution is 2.31. The maximum atomic E-state index is 13.7. The van der Waals surface area contributed by atoms with Crippen molar-refractivity contribution in [1.82, 2.24) is 5.43 Å². The largest absolute Gasteiger partial charge is 0.494 e. The van der Waals surface area contributed by atoms with Gasteiger partial charge in [-0.1, -0.05) is 25.8 Å². The minimum atomic E-state index is -0.307. The van der Waals surface area contributed by atoms with Gasteiger partial charge in [-0.15, -0.1) is 0 Å². The molecule has 0 aliphatic heterocycles. The van der Waals surface area contributed by atoms with Crippen molar-refractivity contribution < 1.29 is 9.13 Å². The van der Waals surface area contributed by atoms with E-state index < -0.39 is 0 Å². The molecule has 0 heterocycles. The summed E-state index contributed by atoms with van der Waals surface area (Å²) in [5.74, 6) is 7.10. The van der Waals surface area contributed by atoms with E-state index in [0.29, 0.717) is 5.92 Å². The van der Waals surface area contributed by atoms with Gasteiger partial charge in [-0.2, -0.15) is 0 Å². The number of hydrogen-bond donors (Lipinski definition) is 2. The van der Waals surface area contributed by atoms with E-state index in [4.69, 9.17) is 10.6 Å². The van der Waals surface area contributed by atoms with Crippen molar-refractivity contribution in [2.45, 2.75) is 45.1 Å². The Balaban J connectivity index is 2.00. The zero-order valence-electron chi connectivity index (χ0n) is 12.4. The summed E-state index contributed by atoms with van der Waals surface area (Å²) >= 11 is 0. The van der Waals surface area contributed by atoms with Gasteiger partial charge in [0.2, 0.25) is 0 Å². The first-order valence-electron chi connectivity index (χ1n) is 7.42. The Bertz CT molecular complexity index is 430. The number of nitrogens with one attached hydrogen (secondary N) is 1. The molecule has 0 aromatic heterocycles. The van der Waals surface area contributed by atoms with Gasteiger partial charge in [0.15, 0.2) is 11.6 Å². The van der Waals surface area contributed by atoms with Crippen molar-refractivity contribution in [1.29, 1.82) is 0 Å². The molecule has 1 unspecified atom stereocenters. The lowest BCUT2D eigenvalue weighted by Gasteiger charge is -2.32. The molecular formula is C16H25FN2O. The molecule has 0 radical (unpaired) electrons. The van der Waals surface area contributed by atoms with E-state index in [1.165, 1.54) is 32.8 Å². The molecule has 1 atom stereocenters. The summed E-state index contributed by atoms with van der Waals surface area (Å²) in [6.45, 7) is 2.31. The molecule has 1 fully saturated rings. The third-order valence-electron chi connectivity index (χ3n) is 4.52. The molecule has 0 spiro atoms. The SMILES string of the molecule is COc1ccc(CC(NN)C2CCC(C)CC2)cc1F. The summed E-state index contributed by atoms with van der Waals surface area (Å²) in [6.07, 6.45) is 5.69. The van der Waals surface area contributed by atoms with E-state index in [9.17, 15) is 4.39 Å². The summed E-state index contributed by atoms with van der Waals surface area (Å²) in [7, 11) is 1.48. The zero-order chi connectivity index (χ0) is 14.5. The van der Waals surface area contributed by atoms with Crippen LogP contribution in [-0.2, 0) is 6.42 Å². The van der Waals surface area contributed by atoms with Gasteiger partial charge in [0.1, 0.15) is 0 Å². The minimum absolute atomic E-state index is 0.218. The molecule has 112 valence electrons. The first kappa shape index (κ1) is 15.3. The molecule has 3 nitrogen and oxygen atoms in total. The standard InChI is InChI=1S/C16H25FN2O/c1-11-3-6-13(7-4-11)15(19-18)10-12-5-8-16(20-2)14(17)9-12/h5,8-9,11,13,15,19H,3-4,6-7,10,18H2,1-2H3. The number of benzene rings is 1. The van der Waals surface area contributed by atoms with Crippen molar-refractivity contribution in [2.75, 3.05) is 7.11 Å². The van der Waals surface area contributed by atoms with Gasteiger partial charge in [-0.25, -0.2) is 4.39 Å². The Hall–Kier alpha value is -1.13. The van der Waals surface area contributed by atoms with Gasteiger partial charge < -0.3 is 4.74 Å². The number of ether oxygens (including phenoxy) is 1. The molecule has 1 aliphatic rings. The molecule has 1 saturated carbocycles. The average molecular weight is 280 g/mol. The highest BCUT2D eigenvalue weighted by Gasteiger charge is 2.25. The molecule has 0 bridgehead atoms. The third kappa shape index (κ3) is 3.70. The Morgan fingerprint density at radius 1 is 1.35 bits per heavy atom. The van der Waals surface area contributed by atoms with Crippen LogP contribution in [0.15, 0.2) is 18.2 Å². The van der Waals surface area contributed by atoms with Crippen LogP contribution >= 0.6 is 0 Å². The van der Waals surface area contributed by atoms with Gasteiger partial charge in [0, 0.05) is 6.04 Å². The highest BCUT2D eigenvalue weighted by atomic mass is 19.1. The smallest absolute Gasteiger partial charge is 0.165 e. The second-order valence-corrected chi connectivity index (χ2v) is 5.97. The Morgan fingerprint density at radius 2 is 2.05 bits per heavy atom. The fourth-order valence-electron chi connectivity index (χ4n) is 3.14. The fourth-order valence-corrected chi connectivity index (χ4v) is 3.14. The summed E-state index contributed by atoms with van der Waals surface area (Å²) in [4.78, 5) is 0. The Labute approximate surface area is 120 Å². The lowest BCUT2D eigenvalue weighted by atomic mass is 9.78. The zero-order valence-corrected chi connectivity index (χ0v) is 12.4. The van der Waals surface area contributed by atoms with E-state index in [-0.39, 0.29) is 17.6 Å². The summed E-state index contributed by atoms with van der Waals surface area (Å²) in [5.41, 5.74) is 3.89. The van der Waals surface area contributed by atoms with Crippen LogP contribution in [-0.4, -0.2) is 13.2 Å². The van der Waals surface area contributed by atoms with Crippen LogP contribution in [0, 0.1) is 17.7 Å². The maximum absolute atomic E-state index is 13.7. The van der Waals surface area contributed by atoms with Crippen molar-refractivity contribution >= 4 is 0 Å². The van der Waals surface area contributed by atoms with Crippen LogP contribution in [0.25, 0.3) is 0 Å². The van der Waals surface area contributed by atoms with Crippen LogP contribution in [0.1, 0.15) is 38.2 Å². The van der Waals surface area contributed by atoms with Gasteiger partial charge in [-0.3, -0.25) is 11.3 Å². The predicted octanol–water partition coefficient (Wildman–Crippen LogP) is 3.04. The molecule has 0 saturated heterocycles. The first-order chi connectivity index (χ1) is 9.63. The van der Waals surface area contributed by atoms with E-state index in [0.717, 1.165) is 17.9 Å². The Morgan fingerprint density at radius 3 is 2.60 bits per heavy atom. The van der Waals surface area contributed by atoms with E-state index >= 15 is 0 Å². The third-order valence-corrected chi connectivity index (χ3v) is 4.52. The van der Waals surface area contributed by atoms with Crippen LogP contribution in [0.2, 0.25) is 0 Å². The molecule has 20 heavy (non-hydrogen) atoms. The van der Waals surface area contributed by atoms with E-state index in [1.54, 1.807) is 12.1 Å². The summed E-state index contributed by atoms with van der Waals surface area (Å²) < 4.78 is 18.7. The lowest BCUT2D eigenvalue weighted by Crippen LogP contribution is -2.43. The first-order valence-corrected chi connectivity index (χ1v) is 7.42. The quantitative estimate of drug-likeness (QED) is 0.644. The van der Waals surface area contributed by atoms with Gasteiger partial charge in [0.05, 0.1) is 7.11 Å². The molecule has 3 N–H and O–H groups in total. The van der Waals surface area contributed by atoms with Gasteiger partial charge in [0.25, 0.3) is 0 Å². The maximum Gasteiger partial charge on any atom is 0.165 e. The molecule has 1 aliphatic carbocycles. The number of methoxy groups -OCH3 is 1. The molecule has 1 aromatic carbocycles. The van der Waals surface area contributed by atoms with Crippen molar-refractivity contribution in [2.24, 2.45) is 17.7 Å². The number of rotatable bonds is 5. The van der Waals surface area contributed by atoms with Crippen molar-refractivity contribution in [3.63, 3.8) is 0 Å². The number of halogens is 1. The molecule has 0 amide bonds. The lowest BCUT2D eigenvalue weighted by molar-refractivity contribution is 0.229. The number of hydrogen-bond acceptors (Lipinski definition) is 3. The topological polar surface area (TPSA) is 47.3 Å².